The van der Waals surface area contributed by atoms with Crippen LogP contribution in [0, 0.1) is 0 Å². The van der Waals surface area contributed by atoms with E-state index in [0.29, 0.717) is 18.2 Å². The Morgan fingerprint density at radius 2 is 2.29 bits per heavy atom. The molecule has 0 aliphatic carbocycles. The van der Waals surface area contributed by atoms with Gasteiger partial charge in [0, 0.05) is 6.07 Å². The van der Waals surface area contributed by atoms with Gasteiger partial charge in [-0.1, -0.05) is 0 Å². The lowest BCUT2D eigenvalue weighted by molar-refractivity contribution is 0.161. The van der Waals surface area contributed by atoms with Crippen molar-refractivity contribution >= 4 is 11.9 Å². The average Bonchev–Trinajstić information content (AvgIpc) is 2.24. The first-order valence-corrected chi connectivity index (χ1v) is 5.22. The monoisotopic (exact) mass is 240 g/mol. The maximum atomic E-state index is 10.3. The topological polar surface area (TPSA) is 99.4 Å². The number of anilines is 1. The summed E-state index contributed by atoms with van der Waals surface area (Å²) in [6.45, 7) is 4.42. The molecule has 7 heteroatoms. The lowest BCUT2D eigenvalue weighted by atomic mass is 10.4. The normalized spacial score (nSPS) is 10.1. The molecule has 0 aromatic carbocycles. The Morgan fingerprint density at radius 1 is 1.53 bits per heavy atom. The molecule has 0 saturated heterocycles. The number of carbonyl (C=O) groups excluding carboxylic acids is 1. The van der Waals surface area contributed by atoms with E-state index in [-0.39, 0.29) is 12.7 Å². The summed E-state index contributed by atoms with van der Waals surface area (Å²) in [4.78, 5) is 18.3. The van der Waals surface area contributed by atoms with Crippen molar-refractivity contribution in [1.29, 1.82) is 0 Å². The molecule has 94 valence electrons. The standard InChI is InChI=1S/C10H16N4O3/c1-7(2)17-9-5-8(13-6-14-9)12-3-4-16-10(11)15/h5-7H,3-4H2,1-2H3,(H2,11,15)(H,12,13,14). The zero-order valence-electron chi connectivity index (χ0n) is 9.84. The Hall–Kier alpha value is -2.05. The van der Waals surface area contributed by atoms with Gasteiger partial charge in [-0.15, -0.1) is 0 Å². The fourth-order valence-electron chi connectivity index (χ4n) is 1.07. The van der Waals surface area contributed by atoms with Crippen LogP contribution in [-0.2, 0) is 4.74 Å². The van der Waals surface area contributed by atoms with Gasteiger partial charge >= 0.3 is 6.09 Å². The van der Waals surface area contributed by atoms with E-state index in [1.807, 2.05) is 13.8 Å². The summed E-state index contributed by atoms with van der Waals surface area (Å²) in [7, 11) is 0. The van der Waals surface area contributed by atoms with Gasteiger partial charge in [0.05, 0.1) is 12.6 Å². The van der Waals surface area contributed by atoms with Crippen LogP contribution in [-0.4, -0.2) is 35.3 Å². The molecule has 17 heavy (non-hydrogen) atoms. The molecule has 3 N–H and O–H groups in total. The number of nitrogens with zero attached hydrogens (tertiary/aromatic N) is 2. The van der Waals surface area contributed by atoms with Crippen LogP contribution in [0.1, 0.15) is 13.8 Å². The van der Waals surface area contributed by atoms with Gasteiger partial charge in [-0.3, -0.25) is 0 Å². The molecule has 0 unspecified atom stereocenters. The van der Waals surface area contributed by atoms with Crippen LogP contribution in [0.3, 0.4) is 0 Å². The smallest absolute Gasteiger partial charge is 0.404 e. The molecule has 1 amide bonds. The maximum absolute atomic E-state index is 10.3. The van der Waals surface area contributed by atoms with Gasteiger partial charge in [0.2, 0.25) is 5.88 Å². The molecule has 1 rings (SSSR count). The summed E-state index contributed by atoms with van der Waals surface area (Å²) in [6, 6.07) is 1.67. The molecule has 0 radical (unpaired) electrons. The maximum Gasteiger partial charge on any atom is 0.404 e. The van der Waals surface area contributed by atoms with Gasteiger partial charge in [-0.05, 0) is 13.8 Å². The molecule has 1 heterocycles. The van der Waals surface area contributed by atoms with Crippen molar-refractivity contribution in [2.24, 2.45) is 5.73 Å². The van der Waals surface area contributed by atoms with Crippen LogP contribution in [0.25, 0.3) is 0 Å². The van der Waals surface area contributed by atoms with Crippen LogP contribution in [0.4, 0.5) is 10.6 Å². The van der Waals surface area contributed by atoms with Crippen LogP contribution < -0.4 is 15.8 Å². The fourth-order valence-corrected chi connectivity index (χ4v) is 1.07. The van der Waals surface area contributed by atoms with E-state index in [1.165, 1.54) is 6.33 Å². The fraction of sp³-hybridized carbons (Fsp3) is 0.500. The van der Waals surface area contributed by atoms with Gasteiger partial charge in [0.15, 0.2) is 0 Å². The Labute approximate surface area is 99.3 Å². The number of ether oxygens (including phenoxy) is 2. The summed E-state index contributed by atoms with van der Waals surface area (Å²) in [5, 5.41) is 2.95. The molecule has 0 atom stereocenters. The first kappa shape index (κ1) is 13.0. The number of hydrogen-bond acceptors (Lipinski definition) is 6. The predicted molar refractivity (Wildman–Crippen MR) is 61.8 cm³/mol. The SMILES string of the molecule is CC(C)Oc1cc(NCCOC(N)=O)ncn1. The van der Waals surface area contributed by atoms with Gasteiger partial charge in [0.1, 0.15) is 18.8 Å². The van der Waals surface area contributed by atoms with Crippen molar-refractivity contribution in [3.8, 4) is 5.88 Å². The molecule has 0 saturated carbocycles. The highest BCUT2D eigenvalue weighted by atomic mass is 16.5. The number of primary amides is 1. The van der Waals surface area contributed by atoms with Gasteiger partial charge in [0.25, 0.3) is 0 Å². The van der Waals surface area contributed by atoms with Crippen LogP contribution in [0.2, 0.25) is 0 Å². The summed E-state index contributed by atoms with van der Waals surface area (Å²) < 4.78 is 9.96. The molecule has 1 aromatic rings. The highest BCUT2D eigenvalue weighted by Gasteiger charge is 2.01. The molecule has 0 bridgehead atoms. The molecule has 0 spiro atoms. The number of aromatic nitrogens is 2. The Morgan fingerprint density at radius 3 is 2.94 bits per heavy atom. The Kier molecular flexibility index (Phi) is 4.99. The minimum Gasteiger partial charge on any atom is -0.475 e. The third-order valence-electron chi connectivity index (χ3n) is 1.65. The third-order valence-corrected chi connectivity index (χ3v) is 1.65. The summed E-state index contributed by atoms with van der Waals surface area (Å²) >= 11 is 0. The van der Waals surface area contributed by atoms with Gasteiger partial charge in [-0.2, -0.15) is 0 Å². The minimum absolute atomic E-state index is 0.0518. The number of hydrogen-bond donors (Lipinski definition) is 2. The zero-order valence-corrected chi connectivity index (χ0v) is 9.84. The molecule has 1 aromatic heterocycles. The molecule has 7 nitrogen and oxygen atoms in total. The van der Waals surface area contributed by atoms with E-state index < -0.39 is 6.09 Å². The average molecular weight is 240 g/mol. The summed E-state index contributed by atoms with van der Waals surface area (Å²) in [5.41, 5.74) is 4.82. The Balaban J connectivity index is 2.40. The second kappa shape index (κ2) is 6.51. The number of nitrogens with one attached hydrogen (secondary N) is 1. The van der Waals surface area contributed by atoms with E-state index >= 15 is 0 Å². The lowest BCUT2D eigenvalue weighted by Gasteiger charge is -2.10. The predicted octanol–water partition coefficient (Wildman–Crippen LogP) is 0.771. The largest absolute Gasteiger partial charge is 0.475 e. The summed E-state index contributed by atoms with van der Waals surface area (Å²) in [5.74, 6) is 1.09. The van der Waals surface area contributed by atoms with Crippen molar-refractivity contribution in [1.82, 2.24) is 9.97 Å². The molecular formula is C10H16N4O3. The van der Waals surface area contributed by atoms with Crippen molar-refractivity contribution in [2.75, 3.05) is 18.5 Å². The molecule has 0 aliphatic rings. The van der Waals surface area contributed by atoms with Crippen molar-refractivity contribution in [3.63, 3.8) is 0 Å². The quantitative estimate of drug-likeness (QED) is 0.712. The summed E-state index contributed by atoms with van der Waals surface area (Å²) in [6.07, 6.45) is 0.656. The van der Waals surface area contributed by atoms with E-state index in [4.69, 9.17) is 10.5 Å². The van der Waals surface area contributed by atoms with Crippen molar-refractivity contribution < 1.29 is 14.3 Å². The van der Waals surface area contributed by atoms with E-state index in [9.17, 15) is 4.79 Å². The Bertz CT molecular complexity index is 370. The zero-order chi connectivity index (χ0) is 12.7. The number of carbonyl (C=O) groups is 1. The van der Waals surface area contributed by atoms with Crippen molar-refractivity contribution in [3.05, 3.63) is 12.4 Å². The van der Waals surface area contributed by atoms with Crippen LogP contribution in [0.15, 0.2) is 12.4 Å². The van der Waals surface area contributed by atoms with Gasteiger partial charge < -0.3 is 20.5 Å². The molecule has 0 fully saturated rings. The van der Waals surface area contributed by atoms with Gasteiger partial charge in [-0.25, -0.2) is 14.8 Å². The lowest BCUT2D eigenvalue weighted by Crippen LogP contribution is -2.18. The molecule has 0 aliphatic heterocycles. The highest BCUT2D eigenvalue weighted by molar-refractivity contribution is 5.64. The highest BCUT2D eigenvalue weighted by Crippen LogP contribution is 2.11. The van der Waals surface area contributed by atoms with Crippen LogP contribution >= 0.6 is 0 Å². The second-order valence-electron chi connectivity index (χ2n) is 3.50. The number of amides is 1. The minimum atomic E-state index is -0.793. The first-order chi connectivity index (χ1) is 8.08. The van der Waals surface area contributed by atoms with E-state index in [0.717, 1.165) is 0 Å². The first-order valence-electron chi connectivity index (χ1n) is 5.22. The van der Waals surface area contributed by atoms with E-state index in [2.05, 4.69) is 20.0 Å². The van der Waals surface area contributed by atoms with Crippen LogP contribution in [0.5, 0.6) is 5.88 Å². The number of nitrogens with two attached hydrogens (primary N) is 1. The molecular weight excluding hydrogens is 224 g/mol. The third kappa shape index (κ3) is 5.55. The van der Waals surface area contributed by atoms with E-state index in [1.54, 1.807) is 6.07 Å². The van der Waals surface area contributed by atoms with Crippen molar-refractivity contribution in [2.45, 2.75) is 20.0 Å². The second-order valence-corrected chi connectivity index (χ2v) is 3.50. The number of rotatable bonds is 6.